The zero-order valence-electron chi connectivity index (χ0n) is 17.0. The maximum atomic E-state index is 12.0. The van der Waals surface area contributed by atoms with E-state index in [4.69, 9.17) is 11.5 Å². The lowest BCUT2D eigenvalue weighted by molar-refractivity contribution is 0.100. The van der Waals surface area contributed by atoms with Gasteiger partial charge in [-0.25, -0.2) is 4.98 Å². The van der Waals surface area contributed by atoms with Crippen LogP contribution in [0.5, 0.6) is 0 Å². The number of rotatable bonds is 8. The van der Waals surface area contributed by atoms with E-state index in [1.807, 2.05) is 30.3 Å². The van der Waals surface area contributed by atoms with Crippen molar-refractivity contribution in [1.82, 2.24) is 9.97 Å². The van der Waals surface area contributed by atoms with Gasteiger partial charge in [-0.05, 0) is 42.7 Å². The number of fused-ring (bicyclic) bond motifs is 1. The van der Waals surface area contributed by atoms with E-state index in [2.05, 4.69) is 40.5 Å². The molecule has 0 spiro atoms. The Bertz CT molecular complexity index is 1100. The molecule has 2 heterocycles. The Morgan fingerprint density at radius 3 is 2.70 bits per heavy atom. The molecular formula is C22H25N7O. The summed E-state index contributed by atoms with van der Waals surface area (Å²) in [7, 11) is 0. The van der Waals surface area contributed by atoms with Gasteiger partial charge in [-0.15, -0.1) is 0 Å². The van der Waals surface area contributed by atoms with E-state index in [0.717, 1.165) is 23.0 Å². The van der Waals surface area contributed by atoms with Crippen molar-refractivity contribution >= 4 is 34.1 Å². The highest BCUT2D eigenvalue weighted by Gasteiger charge is 2.18. The monoisotopic (exact) mass is 403 g/mol. The summed E-state index contributed by atoms with van der Waals surface area (Å²) in [6.45, 7) is 4.59. The molecule has 3 aromatic rings. The number of hydrogen-bond donors (Lipinski definition) is 4. The average molecular weight is 403 g/mol. The summed E-state index contributed by atoms with van der Waals surface area (Å²) < 4.78 is 0. The number of nitrogens with zero attached hydrogens (tertiary/aromatic N) is 3. The van der Waals surface area contributed by atoms with Gasteiger partial charge in [-0.2, -0.15) is 5.26 Å². The molecule has 0 saturated heterocycles. The van der Waals surface area contributed by atoms with Crippen LogP contribution in [0.2, 0.25) is 0 Å². The molecule has 8 heteroatoms. The minimum absolute atomic E-state index is 0.0522. The average Bonchev–Trinajstić information content (AvgIpc) is 2.72. The Morgan fingerprint density at radius 2 is 2.03 bits per heavy atom. The number of hydrogen-bond acceptors (Lipinski definition) is 7. The second kappa shape index (κ2) is 9.20. The topological polar surface area (TPSA) is 143 Å². The van der Waals surface area contributed by atoms with Crippen molar-refractivity contribution < 1.29 is 4.79 Å². The van der Waals surface area contributed by atoms with Gasteiger partial charge in [0.15, 0.2) is 0 Å². The highest BCUT2D eigenvalue weighted by Crippen LogP contribution is 2.26. The van der Waals surface area contributed by atoms with Crippen LogP contribution in [0.1, 0.15) is 36.2 Å². The van der Waals surface area contributed by atoms with E-state index in [1.165, 1.54) is 6.07 Å². The van der Waals surface area contributed by atoms with Crippen LogP contribution >= 0.6 is 0 Å². The maximum absolute atomic E-state index is 12.0. The molecule has 1 atom stereocenters. The molecule has 0 fully saturated rings. The first kappa shape index (κ1) is 21.0. The van der Waals surface area contributed by atoms with Crippen LogP contribution in [-0.2, 0) is 0 Å². The third-order valence-corrected chi connectivity index (χ3v) is 4.66. The summed E-state index contributed by atoms with van der Waals surface area (Å²) in [6.07, 6.45) is 2.55. The molecule has 1 amide bonds. The molecule has 0 aliphatic heterocycles. The lowest BCUT2D eigenvalue weighted by Crippen LogP contribution is -2.31. The summed E-state index contributed by atoms with van der Waals surface area (Å²) in [5.41, 5.74) is 13.4. The number of nitriles is 1. The molecule has 0 saturated carbocycles. The molecule has 6 N–H and O–H groups in total. The third kappa shape index (κ3) is 4.82. The van der Waals surface area contributed by atoms with E-state index >= 15 is 0 Å². The molecule has 1 aromatic carbocycles. The molecule has 0 bridgehead atoms. The van der Waals surface area contributed by atoms with Crippen molar-refractivity contribution in [2.24, 2.45) is 17.4 Å². The highest BCUT2D eigenvalue weighted by molar-refractivity contribution is 5.99. The normalized spacial score (nSPS) is 11.8. The zero-order chi connectivity index (χ0) is 21.7. The number of amides is 1. The van der Waals surface area contributed by atoms with Crippen molar-refractivity contribution in [3.05, 3.63) is 53.7 Å². The van der Waals surface area contributed by atoms with Gasteiger partial charge in [-0.1, -0.05) is 19.9 Å². The lowest BCUT2D eigenvalue weighted by atomic mass is 10.0. The Labute approximate surface area is 175 Å². The third-order valence-electron chi connectivity index (χ3n) is 4.66. The van der Waals surface area contributed by atoms with Crippen LogP contribution < -0.4 is 22.1 Å². The predicted molar refractivity (Wildman–Crippen MR) is 118 cm³/mol. The Morgan fingerprint density at radius 1 is 1.23 bits per heavy atom. The number of nitrogens with one attached hydrogen (secondary N) is 2. The lowest BCUT2D eigenvalue weighted by Gasteiger charge is -2.21. The number of benzene rings is 1. The van der Waals surface area contributed by atoms with Crippen LogP contribution in [0.3, 0.4) is 0 Å². The minimum Gasteiger partial charge on any atom is -0.365 e. The first-order chi connectivity index (χ1) is 14.4. The van der Waals surface area contributed by atoms with Crippen molar-refractivity contribution in [3.8, 4) is 6.07 Å². The van der Waals surface area contributed by atoms with Gasteiger partial charge >= 0.3 is 0 Å². The summed E-state index contributed by atoms with van der Waals surface area (Å²) in [5, 5.41) is 16.9. The van der Waals surface area contributed by atoms with Gasteiger partial charge in [0.2, 0.25) is 0 Å². The minimum atomic E-state index is -0.673. The molecule has 30 heavy (non-hydrogen) atoms. The van der Waals surface area contributed by atoms with Crippen LogP contribution in [0.25, 0.3) is 10.9 Å². The fourth-order valence-corrected chi connectivity index (χ4v) is 3.26. The molecule has 8 nitrogen and oxygen atoms in total. The molecule has 0 aliphatic carbocycles. The fraction of sp³-hybridized carbons (Fsp3) is 0.273. The molecule has 0 aliphatic rings. The predicted octanol–water partition coefficient (Wildman–Crippen LogP) is 3.13. The number of aromatic nitrogens is 2. The summed E-state index contributed by atoms with van der Waals surface area (Å²) in [4.78, 5) is 20.8. The van der Waals surface area contributed by atoms with Crippen LogP contribution in [0.4, 0.5) is 17.3 Å². The molecule has 0 unspecified atom stereocenters. The quantitative estimate of drug-likeness (QED) is 0.452. The van der Waals surface area contributed by atoms with Crippen molar-refractivity contribution in [1.29, 1.82) is 5.26 Å². The standard InChI is InChI=1S/C22H25N7O/c1-13(2)8-17(12-24)28-21-15(11-23)10-18(20(25)30)22(29-21)27-16-5-6-19-14(9-16)4-3-7-26-19/h3-7,9-10,13,17H,8,12,24H2,1-2H3,(H2,25,30)(H2,27,28,29)/t17-/m1/s1. The summed E-state index contributed by atoms with van der Waals surface area (Å²) >= 11 is 0. The van der Waals surface area contributed by atoms with Gasteiger partial charge in [-0.3, -0.25) is 9.78 Å². The number of nitrogens with two attached hydrogens (primary N) is 2. The fourth-order valence-electron chi connectivity index (χ4n) is 3.26. The highest BCUT2D eigenvalue weighted by atomic mass is 16.1. The van der Waals surface area contributed by atoms with Gasteiger partial charge in [0.05, 0.1) is 16.6 Å². The van der Waals surface area contributed by atoms with E-state index in [0.29, 0.717) is 18.3 Å². The second-order valence-electron chi connectivity index (χ2n) is 7.50. The number of anilines is 3. The van der Waals surface area contributed by atoms with Gasteiger partial charge in [0.1, 0.15) is 17.7 Å². The summed E-state index contributed by atoms with van der Waals surface area (Å²) in [6, 6.07) is 12.9. The SMILES string of the molecule is CC(C)C[C@H](CN)Nc1nc(Nc2ccc3ncccc3c2)c(C(N)=O)cc1C#N. The van der Waals surface area contributed by atoms with Crippen LogP contribution in [0, 0.1) is 17.2 Å². The summed E-state index contributed by atoms with van der Waals surface area (Å²) in [5.74, 6) is 0.384. The zero-order valence-corrected chi connectivity index (χ0v) is 17.0. The number of carbonyl (C=O) groups excluding carboxylic acids is 1. The molecule has 3 rings (SSSR count). The molecule has 154 valence electrons. The number of pyridine rings is 2. The first-order valence-corrected chi connectivity index (χ1v) is 9.74. The van der Waals surface area contributed by atoms with E-state index < -0.39 is 5.91 Å². The Kier molecular flexibility index (Phi) is 6.45. The van der Waals surface area contributed by atoms with Crippen molar-refractivity contribution in [2.45, 2.75) is 26.3 Å². The van der Waals surface area contributed by atoms with Crippen molar-refractivity contribution in [2.75, 3.05) is 17.2 Å². The largest absolute Gasteiger partial charge is 0.365 e. The Balaban J connectivity index is 2.00. The smallest absolute Gasteiger partial charge is 0.252 e. The van der Waals surface area contributed by atoms with E-state index in [1.54, 1.807) is 6.20 Å². The van der Waals surface area contributed by atoms with E-state index in [9.17, 15) is 10.1 Å². The van der Waals surface area contributed by atoms with Gasteiger partial charge in [0, 0.05) is 29.9 Å². The number of carbonyl (C=O) groups is 1. The van der Waals surface area contributed by atoms with Crippen molar-refractivity contribution in [3.63, 3.8) is 0 Å². The first-order valence-electron chi connectivity index (χ1n) is 9.74. The molecular weight excluding hydrogens is 378 g/mol. The molecule has 2 aromatic heterocycles. The van der Waals surface area contributed by atoms with Crippen LogP contribution in [-0.4, -0.2) is 28.5 Å². The van der Waals surface area contributed by atoms with E-state index in [-0.39, 0.29) is 23.0 Å². The van der Waals surface area contributed by atoms with Gasteiger partial charge < -0.3 is 22.1 Å². The van der Waals surface area contributed by atoms with Gasteiger partial charge in [0.25, 0.3) is 5.91 Å². The Hall–Kier alpha value is -3.70. The second-order valence-corrected chi connectivity index (χ2v) is 7.50. The number of primary amides is 1. The van der Waals surface area contributed by atoms with Crippen LogP contribution in [0.15, 0.2) is 42.6 Å². The molecule has 0 radical (unpaired) electrons. The maximum Gasteiger partial charge on any atom is 0.252 e.